The second kappa shape index (κ2) is 8.12. The topological polar surface area (TPSA) is 122 Å². The molecule has 0 aromatic carbocycles. The van der Waals surface area contributed by atoms with Gasteiger partial charge in [-0.25, -0.2) is 0 Å². The third-order valence-corrected chi connectivity index (χ3v) is 5.77. The summed E-state index contributed by atoms with van der Waals surface area (Å²) in [5.41, 5.74) is 2.02. The van der Waals surface area contributed by atoms with Gasteiger partial charge in [-0.3, -0.25) is 4.57 Å². The van der Waals surface area contributed by atoms with Crippen molar-refractivity contribution in [3.63, 3.8) is 0 Å². The van der Waals surface area contributed by atoms with Crippen LogP contribution in [-0.4, -0.2) is 6.61 Å². The first-order valence-corrected chi connectivity index (χ1v) is 9.29. The first-order chi connectivity index (χ1) is 8.62. The fraction of sp³-hybridized carbons (Fsp3) is 0.600. The summed E-state index contributed by atoms with van der Waals surface area (Å²) in [6.45, 7) is 5.25. The summed E-state index contributed by atoms with van der Waals surface area (Å²) in [6, 6.07) is 0. The van der Waals surface area contributed by atoms with Gasteiger partial charge in [0, 0.05) is 7.28 Å². The zero-order valence-corrected chi connectivity index (χ0v) is 12.8. The van der Waals surface area contributed by atoms with Crippen LogP contribution in [0.5, 0.6) is 0 Å². The molecule has 7 nitrogen and oxygen atoms in total. The molecule has 0 heterocycles. The van der Waals surface area contributed by atoms with Gasteiger partial charge in [-0.1, -0.05) is 23.3 Å². The SMILES string of the molecule is CC(C)=CCC/C(C)=C/COP(=O)(O[O-])P(=O)([O-])[O-]. The van der Waals surface area contributed by atoms with E-state index < -0.39 is 21.2 Å². The fourth-order valence-corrected chi connectivity index (χ4v) is 2.50. The Morgan fingerprint density at radius 3 is 2.16 bits per heavy atom. The average molecular weight is 311 g/mol. The van der Waals surface area contributed by atoms with Gasteiger partial charge in [0.05, 0.1) is 6.61 Å². The van der Waals surface area contributed by atoms with E-state index in [1.165, 1.54) is 11.6 Å². The summed E-state index contributed by atoms with van der Waals surface area (Å²) in [4.78, 5) is 21.1. The predicted octanol–water partition coefficient (Wildman–Crippen LogP) is 1.01. The van der Waals surface area contributed by atoms with Gasteiger partial charge in [-0.05, 0) is 33.6 Å². The molecule has 112 valence electrons. The molecule has 0 aliphatic heterocycles. The minimum atomic E-state index is -5.72. The Hall–Kier alpha value is -0.260. The van der Waals surface area contributed by atoms with E-state index in [9.17, 15) is 24.2 Å². The second-order valence-electron chi connectivity index (χ2n) is 4.18. The lowest BCUT2D eigenvalue weighted by Gasteiger charge is -2.37. The van der Waals surface area contributed by atoms with Crippen molar-refractivity contribution in [1.82, 2.24) is 0 Å². The molecule has 0 bridgehead atoms. The highest BCUT2D eigenvalue weighted by molar-refractivity contribution is 8.25. The Balaban J connectivity index is 4.38. The van der Waals surface area contributed by atoms with Crippen molar-refractivity contribution < 1.29 is 33.4 Å². The maximum Gasteiger partial charge on any atom is 0.348 e. The summed E-state index contributed by atoms with van der Waals surface area (Å²) < 4.78 is 29.0. The van der Waals surface area contributed by atoms with Crippen LogP contribution in [0.2, 0.25) is 0 Å². The van der Waals surface area contributed by atoms with Gasteiger partial charge in [0.25, 0.3) is 0 Å². The highest BCUT2D eigenvalue weighted by Crippen LogP contribution is 2.72. The normalized spacial score (nSPS) is 16.0. The van der Waals surface area contributed by atoms with E-state index in [0.29, 0.717) is 6.42 Å². The summed E-state index contributed by atoms with van der Waals surface area (Å²) in [7, 11) is -10.9. The van der Waals surface area contributed by atoms with Gasteiger partial charge in [0.2, 0.25) is 0 Å². The zero-order chi connectivity index (χ0) is 15.1. The molecule has 0 aromatic heterocycles. The van der Waals surface area contributed by atoms with Gasteiger partial charge < -0.3 is 28.8 Å². The van der Waals surface area contributed by atoms with Crippen molar-refractivity contribution in [2.75, 3.05) is 6.61 Å². The van der Waals surface area contributed by atoms with E-state index in [2.05, 4.69) is 9.20 Å². The van der Waals surface area contributed by atoms with Gasteiger partial charge >= 0.3 is 7.28 Å². The molecular formula is C10H17O7P2-3. The third kappa shape index (κ3) is 7.18. The van der Waals surface area contributed by atoms with Crippen LogP contribution >= 0.6 is 14.6 Å². The van der Waals surface area contributed by atoms with E-state index in [-0.39, 0.29) is 0 Å². The Morgan fingerprint density at radius 2 is 1.74 bits per heavy atom. The van der Waals surface area contributed by atoms with Crippen LogP contribution in [0.15, 0.2) is 23.3 Å². The Morgan fingerprint density at radius 1 is 1.16 bits per heavy atom. The molecule has 1 atom stereocenters. The fourth-order valence-electron chi connectivity index (χ4n) is 1.10. The number of rotatable bonds is 8. The molecule has 0 saturated heterocycles. The van der Waals surface area contributed by atoms with Crippen LogP contribution in [0.3, 0.4) is 0 Å². The van der Waals surface area contributed by atoms with Crippen LogP contribution in [0, 0.1) is 0 Å². The molecule has 0 rings (SSSR count). The third-order valence-electron chi connectivity index (χ3n) is 2.15. The summed E-state index contributed by atoms with van der Waals surface area (Å²) in [6.07, 6.45) is 4.96. The molecule has 0 aliphatic carbocycles. The van der Waals surface area contributed by atoms with Crippen LogP contribution in [0.1, 0.15) is 33.6 Å². The Labute approximate surface area is 112 Å². The zero-order valence-electron chi connectivity index (χ0n) is 11.0. The average Bonchev–Trinajstić information content (AvgIpc) is 2.26. The first-order valence-electron chi connectivity index (χ1n) is 5.50. The Kier molecular flexibility index (Phi) is 8.01. The highest BCUT2D eigenvalue weighted by atomic mass is 32.1. The number of allylic oxidation sites excluding steroid dienone is 3. The molecule has 0 aromatic rings. The van der Waals surface area contributed by atoms with Crippen molar-refractivity contribution in [1.29, 1.82) is 0 Å². The van der Waals surface area contributed by atoms with Crippen molar-refractivity contribution in [2.45, 2.75) is 33.6 Å². The minimum Gasteiger partial charge on any atom is -0.802 e. The lowest BCUT2D eigenvalue weighted by Crippen LogP contribution is -2.19. The summed E-state index contributed by atoms with van der Waals surface area (Å²) in [5, 5.41) is 10.0. The van der Waals surface area contributed by atoms with Gasteiger partial charge in [-0.2, -0.15) is 0 Å². The molecule has 0 saturated carbocycles. The largest absolute Gasteiger partial charge is 0.802 e. The molecule has 19 heavy (non-hydrogen) atoms. The summed E-state index contributed by atoms with van der Waals surface area (Å²) in [5.74, 6) is 0. The minimum absolute atomic E-state index is 0.436. The highest BCUT2D eigenvalue weighted by Gasteiger charge is 2.25. The number of hydrogen-bond acceptors (Lipinski definition) is 7. The van der Waals surface area contributed by atoms with E-state index in [0.717, 1.165) is 12.0 Å². The second-order valence-corrected chi connectivity index (χ2v) is 9.40. The summed E-state index contributed by atoms with van der Waals surface area (Å²) >= 11 is 0. The molecule has 9 heteroatoms. The van der Waals surface area contributed by atoms with Crippen molar-refractivity contribution in [2.24, 2.45) is 0 Å². The maximum atomic E-state index is 11.2. The molecule has 0 fully saturated rings. The van der Waals surface area contributed by atoms with Crippen molar-refractivity contribution in [3.8, 4) is 0 Å². The van der Waals surface area contributed by atoms with Gasteiger partial charge in [0.1, 0.15) is 0 Å². The van der Waals surface area contributed by atoms with Crippen LogP contribution in [-0.2, 0) is 18.3 Å². The van der Waals surface area contributed by atoms with E-state index in [1.807, 2.05) is 19.9 Å². The Bertz CT molecular complexity index is 431. The van der Waals surface area contributed by atoms with Gasteiger partial charge in [-0.15, -0.1) is 0 Å². The molecule has 0 spiro atoms. The van der Waals surface area contributed by atoms with Crippen LogP contribution in [0.4, 0.5) is 0 Å². The quantitative estimate of drug-likeness (QED) is 0.284. The lowest BCUT2D eigenvalue weighted by molar-refractivity contribution is -0.639. The van der Waals surface area contributed by atoms with Crippen molar-refractivity contribution in [3.05, 3.63) is 23.3 Å². The molecular weight excluding hydrogens is 294 g/mol. The molecule has 1 unspecified atom stereocenters. The van der Waals surface area contributed by atoms with E-state index in [1.54, 1.807) is 6.92 Å². The lowest BCUT2D eigenvalue weighted by atomic mass is 10.1. The number of hydrogen-bond donors (Lipinski definition) is 0. The van der Waals surface area contributed by atoms with E-state index >= 15 is 0 Å². The molecule has 0 N–H and O–H groups in total. The molecule has 0 radical (unpaired) electrons. The van der Waals surface area contributed by atoms with E-state index in [4.69, 9.17) is 0 Å². The first kappa shape index (κ1) is 18.7. The predicted molar refractivity (Wildman–Crippen MR) is 64.7 cm³/mol. The van der Waals surface area contributed by atoms with Crippen molar-refractivity contribution >= 4 is 14.6 Å². The smallest absolute Gasteiger partial charge is 0.348 e. The monoisotopic (exact) mass is 311 g/mol. The van der Waals surface area contributed by atoms with Gasteiger partial charge in [0.15, 0.2) is 0 Å². The molecule has 0 amide bonds. The van der Waals surface area contributed by atoms with Crippen LogP contribution in [0.25, 0.3) is 0 Å². The maximum absolute atomic E-state index is 11.2. The van der Waals surface area contributed by atoms with Crippen LogP contribution < -0.4 is 15.0 Å². The standard InChI is InChI=1S/C10H20O7P2/c1-9(2)5-4-6-10(3)7-8-16-19(15,17-11)18(12,13)14/h5,7,11H,4,6,8H2,1-3H3,(H2,12,13,14)/p-3/b10-7+. The molecule has 0 aliphatic rings.